The third-order valence-corrected chi connectivity index (χ3v) is 3.74. The average molecular weight is 296 g/mol. The highest BCUT2D eigenvalue weighted by molar-refractivity contribution is 6.33. The second-order valence-corrected chi connectivity index (χ2v) is 5.18. The Morgan fingerprint density at radius 2 is 2.11 bits per heavy atom. The molecule has 1 aliphatic rings. The maximum Gasteiger partial charge on any atom is 0.151 e. The van der Waals surface area contributed by atoms with Gasteiger partial charge in [0.25, 0.3) is 0 Å². The van der Waals surface area contributed by atoms with E-state index in [1.54, 1.807) is 6.07 Å². The summed E-state index contributed by atoms with van der Waals surface area (Å²) in [4.78, 5) is 0. The lowest BCUT2D eigenvalue weighted by molar-refractivity contribution is 0.610. The fraction of sp³-hybridized carbons (Fsp3) is 0.231. The van der Waals surface area contributed by atoms with Crippen LogP contribution in [0.25, 0.3) is 5.69 Å². The van der Waals surface area contributed by atoms with Crippen molar-refractivity contribution in [2.24, 2.45) is 0 Å². The predicted molar refractivity (Wildman–Crippen MR) is 70.2 cm³/mol. The van der Waals surface area contributed by atoms with Crippen molar-refractivity contribution >= 4 is 23.2 Å². The minimum atomic E-state index is -0.524. The normalized spacial score (nSPS) is 14.4. The van der Waals surface area contributed by atoms with Gasteiger partial charge in [-0.1, -0.05) is 29.3 Å². The van der Waals surface area contributed by atoms with Crippen LogP contribution in [-0.2, 0) is 0 Å². The van der Waals surface area contributed by atoms with E-state index < -0.39 is 5.82 Å². The van der Waals surface area contributed by atoms with Crippen molar-refractivity contribution in [1.29, 1.82) is 5.26 Å². The van der Waals surface area contributed by atoms with Crippen LogP contribution < -0.4 is 0 Å². The van der Waals surface area contributed by atoms with Crippen LogP contribution in [0.5, 0.6) is 0 Å². The molecule has 0 amide bonds. The average Bonchev–Trinajstić information content (AvgIpc) is 3.16. The number of rotatable bonds is 2. The molecule has 2 aromatic rings. The Kier molecular flexibility index (Phi) is 2.96. The second kappa shape index (κ2) is 4.52. The number of nitriles is 1. The van der Waals surface area contributed by atoms with E-state index in [2.05, 4.69) is 5.10 Å². The van der Waals surface area contributed by atoms with Crippen LogP contribution in [0, 0.1) is 17.1 Å². The van der Waals surface area contributed by atoms with E-state index in [1.807, 2.05) is 6.07 Å². The van der Waals surface area contributed by atoms with E-state index in [1.165, 1.54) is 16.8 Å². The molecule has 3 rings (SSSR count). The maximum absolute atomic E-state index is 13.9. The zero-order valence-corrected chi connectivity index (χ0v) is 11.2. The van der Waals surface area contributed by atoms with Gasteiger partial charge in [0.15, 0.2) is 5.15 Å². The Morgan fingerprint density at radius 1 is 1.37 bits per heavy atom. The molecule has 0 spiro atoms. The van der Waals surface area contributed by atoms with Crippen LogP contribution in [0.2, 0.25) is 10.2 Å². The van der Waals surface area contributed by atoms with Crippen LogP contribution in [-0.4, -0.2) is 9.78 Å². The molecule has 1 aromatic heterocycles. The van der Waals surface area contributed by atoms with Crippen molar-refractivity contribution in [3.8, 4) is 11.8 Å². The summed E-state index contributed by atoms with van der Waals surface area (Å²) < 4.78 is 15.1. The van der Waals surface area contributed by atoms with Crippen LogP contribution in [0.4, 0.5) is 4.39 Å². The van der Waals surface area contributed by atoms with Gasteiger partial charge in [-0.25, -0.2) is 9.07 Å². The van der Waals surface area contributed by atoms with E-state index >= 15 is 0 Å². The van der Waals surface area contributed by atoms with Gasteiger partial charge in [0.1, 0.15) is 23.1 Å². The van der Waals surface area contributed by atoms with Gasteiger partial charge in [-0.2, -0.15) is 10.4 Å². The quantitative estimate of drug-likeness (QED) is 0.838. The first kappa shape index (κ1) is 12.5. The number of hydrogen-bond acceptors (Lipinski definition) is 2. The number of aromatic nitrogens is 2. The van der Waals surface area contributed by atoms with Crippen LogP contribution in [0.15, 0.2) is 18.2 Å². The molecular weight excluding hydrogens is 288 g/mol. The number of nitrogens with zero attached hydrogens (tertiary/aromatic N) is 3. The molecule has 6 heteroatoms. The fourth-order valence-corrected chi connectivity index (χ4v) is 2.50. The lowest BCUT2D eigenvalue weighted by Crippen LogP contribution is -2.01. The molecule has 3 nitrogen and oxygen atoms in total. The van der Waals surface area contributed by atoms with Crippen molar-refractivity contribution in [2.45, 2.75) is 18.8 Å². The zero-order valence-electron chi connectivity index (χ0n) is 9.70. The minimum absolute atomic E-state index is 0.0811. The van der Waals surface area contributed by atoms with Gasteiger partial charge >= 0.3 is 0 Å². The minimum Gasteiger partial charge on any atom is -0.216 e. The number of para-hydroxylation sites is 1. The largest absolute Gasteiger partial charge is 0.216 e. The highest BCUT2D eigenvalue weighted by Crippen LogP contribution is 2.43. The van der Waals surface area contributed by atoms with Gasteiger partial charge in [-0.05, 0) is 25.0 Å². The summed E-state index contributed by atoms with van der Waals surface area (Å²) in [5, 5.41) is 13.7. The van der Waals surface area contributed by atoms with Crippen molar-refractivity contribution in [1.82, 2.24) is 9.78 Å². The van der Waals surface area contributed by atoms with E-state index in [-0.39, 0.29) is 21.8 Å². The molecule has 1 aromatic carbocycles. The zero-order chi connectivity index (χ0) is 13.6. The first-order chi connectivity index (χ1) is 9.13. The smallest absolute Gasteiger partial charge is 0.151 e. The topological polar surface area (TPSA) is 41.6 Å². The highest BCUT2D eigenvalue weighted by atomic mass is 35.5. The molecule has 0 unspecified atom stereocenters. The van der Waals surface area contributed by atoms with Gasteiger partial charge in [-0.3, -0.25) is 0 Å². The maximum atomic E-state index is 13.9. The van der Waals surface area contributed by atoms with E-state index in [0.29, 0.717) is 11.3 Å². The Labute approximate surface area is 119 Å². The summed E-state index contributed by atoms with van der Waals surface area (Å²) in [6, 6.07) is 6.38. The lowest BCUT2D eigenvalue weighted by atomic mass is 10.2. The molecular formula is C13H8Cl2FN3. The number of benzene rings is 1. The lowest BCUT2D eigenvalue weighted by Gasteiger charge is -2.06. The molecule has 96 valence electrons. The van der Waals surface area contributed by atoms with Gasteiger partial charge in [-0.15, -0.1) is 0 Å². The summed E-state index contributed by atoms with van der Waals surface area (Å²) in [5.74, 6) is -0.275. The monoisotopic (exact) mass is 295 g/mol. The first-order valence-corrected chi connectivity index (χ1v) is 6.52. The molecule has 0 atom stereocenters. The van der Waals surface area contributed by atoms with Gasteiger partial charge in [0.05, 0.1) is 10.7 Å². The Hall–Kier alpha value is -1.57. The molecule has 1 saturated carbocycles. The Bertz CT molecular complexity index is 678. The van der Waals surface area contributed by atoms with Crippen LogP contribution in [0.1, 0.15) is 30.0 Å². The van der Waals surface area contributed by atoms with E-state index in [0.717, 1.165) is 12.8 Å². The third-order valence-electron chi connectivity index (χ3n) is 3.08. The van der Waals surface area contributed by atoms with Gasteiger partial charge < -0.3 is 0 Å². The van der Waals surface area contributed by atoms with Crippen LogP contribution >= 0.6 is 23.2 Å². The summed E-state index contributed by atoms with van der Waals surface area (Å²) in [5.41, 5.74) is 1.02. The summed E-state index contributed by atoms with van der Waals surface area (Å²) >= 11 is 12.1. The van der Waals surface area contributed by atoms with E-state index in [4.69, 9.17) is 28.5 Å². The molecule has 0 N–H and O–H groups in total. The molecule has 0 radical (unpaired) electrons. The first-order valence-electron chi connectivity index (χ1n) is 5.76. The Morgan fingerprint density at radius 3 is 2.68 bits per heavy atom. The highest BCUT2D eigenvalue weighted by Gasteiger charge is 2.32. The Balaban J connectivity index is 2.24. The molecule has 19 heavy (non-hydrogen) atoms. The third kappa shape index (κ3) is 1.99. The summed E-state index contributed by atoms with van der Waals surface area (Å²) in [6.45, 7) is 0. The van der Waals surface area contributed by atoms with Gasteiger partial charge in [0.2, 0.25) is 0 Å². The number of halogens is 3. The van der Waals surface area contributed by atoms with Crippen molar-refractivity contribution in [3.63, 3.8) is 0 Å². The standard InChI is InChI=1S/C13H8Cl2FN3/c14-9-2-1-3-10(16)12(9)19-13(15)8(6-17)11(18-19)7-4-5-7/h1-3,7H,4-5H2. The van der Waals surface area contributed by atoms with Crippen molar-refractivity contribution in [2.75, 3.05) is 0 Å². The SMILES string of the molecule is N#Cc1c(C2CC2)nn(-c2c(F)cccc2Cl)c1Cl. The molecule has 1 heterocycles. The van der Waals surface area contributed by atoms with Crippen molar-refractivity contribution < 1.29 is 4.39 Å². The molecule has 0 bridgehead atoms. The second-order valence-electron chi connectivity index (χ2n) is 4.42. The summed E-state index contributed by atoms with van der Waals surface area (Å²) in [6.07, 6.45) is 1.96. The van der Waals surface area contributed by atoms with Crippen LogP contribution in [0.3, 0.4) is 0 Å². The molecule has 0 saturated heterocycles. The van der Waals surface area contributed by atoms with E-state index in [9.17, 15) is 4.39 Å². The van der Waals surface area contributed by atoms with Gasteiger partial charge in [0, 0.05) is 5.92 Å². The summed E-state index contributed by atoms with van der Waals surface area (Å²) in [7, 11) is 0. The molecule has 1 fully saturated rings. The number of hydrogen-bond donors (Lipinski definition) is 0. The fourth-order valence-electron chi connectivity index (χ4n) is 2.00. The predicted octanol–water partition coefficient (Wildman–Crippen LogP) is 4.07. The van der Waals surface area contributed by atoms with Crippen molar-refractivity contribution in [3.05, 3.63) is 45.4 Å². The molecule has 1 aliphatic carbocycles. The molecule has 0 aliphatic heterocycles.